The van der Waals surface area contributed by atoms with E-state index in [0.29, 0.717) is 12.5 Å². The number of hydrogen-bond acceptors (Lipinski definition) is 2. The van der Waals surface area contributed by atoms with Gasteiger partial charge in [-0.15, -0.1) is 0 Å². The molecule has 0 heterocycles. The van der Waals surface area contributed by atoms with Crippen LogP contribution >= 0.6 is 0 Å². The summed E-state index contributed by atoms with van der Waals surface area (Å²) in [5.74, 6) is 0.274. The fourth-order valence-corrected chi connectivity index (χ4v) is 1.58. The fourth-order valence-electron chi connectivity index (χ4n) is 1.58. The second-order valence-electron chi connectivity index (χ2n) is 4.24. The normalized spacial score (nSPS) is 10.7. The molecule has 0 saturated heterocycles. The van der Waals surface area contributed by atoms with Gasteiger partial charge in [-0.1, -0.05) is 19.8 Å². The molecule has 0 aromatic rings. The van der Waals surface area contributed by atoms with Gasteiger partial charge in [0.2, 0.25) is 5.91 Å². The van der Waals surface area contributed by atoms with E-state index in [-0.39, 0.29) is 5.91 Å². The van der Waals surface area contributed by atoms with Gasteiger partial charge in [-0.3, -0.25) is 4.79 Å². The lowest BCUT2D eigenvalue weighted by Crippen LogP contribution is -2.38. The van der Waals surface area contributed by atoms with Gasteiger partial charge in [0, 0.05) is 25.6 Å². The van der Waals surface area contributed by atoms with Crippen LogP contribution in [0.15, 0.2) is 0 Å². The smallest absolute Gasteiger partial charge is 0.224 e. The molecule has 0 atom stereocenters. The molecule has 0 rings (SSSR count). The third-order valence-electron chi connectivity index (χ3n) is 2.54. The van der Waals surface area contributed by atoms with Crippen LogP contribution in [0.4, 0.5) is 0 Å². The molecule has 0 aromatic heterocycles. The summed E-state index contributed by atoms with van der Waals surface area (Å²) in [4.78, 5) is 13.8. The first-order chi connectivity index (χ1) is 7.13. The molecule has 1 N–H and O–H groups in total. The van der Waals surface area contributed by atoms with Crippen LogP contribution in [0.5, 0.6) is 0 Å². The van der Waals surface area contributed by atoms with Crippen molar-refractivity contribution in [3.8, 4) is 0 Å². The molecular weight excluding hydrogens is 188 g/mol. The second-order valence-corrected chi connectivity index (χ2v) is 4.24. The molecule has 3 heteroatoms. The summed E-state index contributed by atoms with van der Waals surface area (Å²) in [5.41, 5.74) is 0. The van der Waals surface area contributed by atoms with Crippen molar-refractivity contribution < 1.29 is 4.79 Å². The Morgan fingerprint density at radius 1 is 1.33 bits per heavy atom. The van der Waals surface area contributed by atoms with E-state index < -0.39 is 0 Å². The van der Waals surface area contributed by atoms with Crippen molar-refractivity contribution in [1.82, 2.24) is 10.2 Å². The quantitative estimate of drug-likeness (QED) is 0.627. The van der Waals surface area contributed by atoms with Gasteiger partial charge < -0.3 is 10.2 Å². The number of unbranched alkanes of at least 4 members (excludes halogenated alkanes) is 2. The number of amides is 1. The van der Waals surface area contributed by atoms with Crippen LogP contribution in [0.1, 0.15) is 46.5 Å². The Balaban J connectivity index is 3.96. The van der Waals surface area contributed by atoms with Gasteiger partial charge in [-0.25, -0.2) is 0 Å². The lowest BCUT2D eigenvalue weighted by Gasteiger charge is -2.26. The molecule has 1 amide bonds. The molecule has 0 aliphatic carbocycles. The predicted octanol–water partition coefficient (Wildman–Crippen LogP) is 2.02. The van der Waals surface area contributed by atoms with E-state index in [9.17, 15) is 4.79 Å². The Labute approximate surface area is 94.2 Å². The fraction of sp³-hybridized carbons (Fsp3) is 0.917. The van der Waals surface area contributed by atoms with Gasteiger partial charge >= 0.3 is 0 Å². The summed E-state index contributed by atoms with van der Waals surface area (Å²) in [7, 11) is 1.88. The minimum absolute atomic E-state index is 0.274. The van der Waals surface area contributed by atoms with E-state index in [2.05, 4.69) is 26.1 Å². The topological polar surface area (TPSA) is 32.3 Å². The van der Waals surface area contributed by atoms with Crippen molar-refractivity contribution in [3.05, 3.63) is 0 Å². The summed E-state index contributed by atoms with van der Waals surface area (Å²) in [5, 5.41) is 3.01. The Morgan fingerprint density at radius 3 is 2.47 bits per heavy atom. The summed E-state index contributed by atoms with van der Waals surface area (Å²) < 4.78 is 0. The van der Waals surface area contributed by atoms with Crippen molar-refractivity contribution in [1.29, 1.82) is 0 Å². The molecule has 0 spiro atoms. The molecule has 15 heavy (non-hydrogen) atoms. The molecule has 0 aliphatic heterocycles. The predicted molar refractivity (Wildman–Crippen MR) is 64.9 cm³/mol. The molecule has 0 bridgehead atoms. The van der Waals surface area contributed by atoms with Gasteiger partial charge in [0.25, 0.3) is 0 Å². The average Bonchev–Trinajstić information content (AvgIpc) is 2.20. The summed E-state index contributed by atoms with van der Waals surface area (Å²) in [6.45, 7) is 8.04. The van der Waals surface area contributed by atoms with E-state index in [0.717, 1.165) is 19.5 Å². The van der Waals surface area contributed by atoms with Crippen molar-refractivity contribution in [3.63, 3.8) is 0 Å². The van der Waals surface area contributed by atoms with Crippen LogP contribution in [0.2, 0.25) is 0 Å². The van der Waals surface area contributed by atoms with Crippen LogP contribution < -0.4 is 5.32 Å². The van der Waals surface area contributed by atoms with Crippen LogP contribution in [0.3, 0.4) is 0 Å². The highest BCUT2D eigenvalue weighted by molar-refractivity contribution is 5.76. The first-order valence-corrected chi connectivity index (χ1v) is 6.07. The van der Waals surface area contributed by atoms with E-state index in [4.69, 9.17) is 0 Å². The lowest BCUT2D eigenvalue weighted by molar-refractivity contribution is -0.132. The van der Waals surface area contributed by atoms with Gasteiger partial charge in [0.1, 0.15) is 0 Å². The highest BCUT2D eigenvalue weighted by Crippen LogP contribution is 2.05. The number of rotatable bonds is 8. The minimum Gasteiger partial charge on any atom is -0.340 e. The number of nitrogens with one attached hydrogen (secondary N) is 1. The van der Waals surface area contributed by atoms with Crippen molar-refractivity contribution in [2.24, 2.45) is 0 Å². The van der Waals surface area contributed by atoms with Gasteiger partial charge in [0.15, 0.2) is 0 Å². The first kappa shape index (κ1) is 14.4. The zero-order chi connectivity index (χ0) is 11.7. The maximum atomic E-state index is 11.8. The van der Waals surface area contributed by atoms with E-state index in [1.54, 1.807) is 0 Å². The summed E-state index contributed by atoms with van der Waals surface area (Å²) >= 11 is 0. The van der Waals surface area contributed by atoms with Crippen molar-refractivity contribution >= 4 is 5.91 Å². The monoisotopic (exact) mass is 214 g/mol. The Kier molecular flexibility index (Phi) is 8.38. The zero-order valence-corrected chi connectivity index (χ0v) is 10.7. The molecule has 0 fully saturated rings. The number of carbonyl (C=O) groups excluding carboxylic acids is 1. The third-order valence-corrected chi connectivity index (χ3v) is 2.54. The van der Waals surface area contributed by atoms with Crippen LogP contribution in [-0.2, 0) is 4.79 Å². The van der Waals surface area contributed by atoms with Crippen molar-refractivity contribution in [2.75, 3.05) is 20.1 Å². The number of hydrogen-bond donors (Lipinski definition) is 1. The highest BCUT2D eigenvalue weighted by atomic mass is 16.2. The SMILES string of the molecule is CCCCCN(C(=O)CCNC)C(C)C. The average molecular weight is 214 g/mol. The number of carbonyl (C=O) groups is 1. The molecule has 0 aliphatic rings. The largest absolute Gasteiger partial charge is 0.340 e. The molecule has 3 nitrogen and oxygen atoms in total. The van der Waals surface area contributed by atoms with E-state index in [1.165, 1.54) is 12.8 Å². The zero-order valence-electron chi connectivity index (χ0n) is 10.7. The molecular formula is C12H26N2O. The van der Waals surface area contributed by atoms with Gasteiger partial charge in [-0.05, 0) is 27.3 Å². The van der Waals surface area contributed by atoms with E-state index in [1.807, 2.05) is 11.9 Å². The Hall–Kier alpha value is -0.570. The Morgan fingerprint density at radius 2 is 2.00 bits per heavy atom. The lowest BCUT2D eigenvalue weighted by atomic mass is 10.2. The maximum Gasteiger partial charge on any atom is 0.224 e. The molecule has 0 unspecified atom stereocenters. The third kappa shape index (κ3) is 6.50. The van der Waals surface area contributed by atoms with Gasteiger partial charge in [0.05, 0.1) is 0 Å². The summed E-state index contributed by atoms with van der Waals surface area (Å²) in [6.07, 6.45) is 4.15. The molecule has 90 valence electrons. The Bertz CT molecular complexity index is 169. The van der Waals surface area contributed by atoms with E-state index >= 15 is 0 Å². The second kappa shape index (κ2) is 8.72. The van der Waals surface area contributed by atoms with Gasteiger partial charge in [-0.2, -0.15) is 0 Å². The van der Waals surface area contributed by atoms with Crippen LogP contribution in [-0.4, -0.2) is 37.0 Å². The summed E-state index contributed by atoms with van der Waals surface area (Å²) in [6, 6.07) is 0.325. The van der Waals surface area contributed by atoms with Crippen molar-refractivity contribution in [2.45, 2.75) is 52.5 Å². The number of nitrogens with zero attached hydrogens (tertiary/aromatic N) is 1. The maximum absolute atomic E-state index is 11.8. The molecule has 0 aromatic carbocycles. The van der Waals surface area contributed by atoms with Crippen LogP contribution in [0, 0.1) is 0 Å². The standard InChI is InChI=1S/C12H26N2O/c1-5-6-7-10-14(11(2)3)12(15)8-9-13-4/h11,13H,5-10H2,1-4H3. The molecule has 0 saturated carbocycles. The highest BCUT2D eigenvalue weighted by Gasteiger charge is 2.15. The first-order valence-electron chi connectivity index (χ1n) is 6.07. The minimum atomic E-state index is 0.274. The van der Waals surface area contributed by atoms with Crippen LogP contribution in [0.25, 0.3) is 0 Å². The molecule has 0 radical (unpaired) electrons.